The number of hydrogen-bond acceptors (Lipinski definition) is 6. The maximum atomic E-state index is 12.7. The van der Waals surface area contributed by atoms with E-state index in [4.69, 9.17) is 4.52 Å². The molecular formula is C17H23N5O2S. The summed E-state index contributed by atoms with van der Waals surface area (Å²) in [6.07, 6.45) is 0. The SMILES string of the molecule is Cc1nn(C)c2sc(C(=O)NC(C)(C)c3noc(C(C)(C)C)n3)cc12. The number of aromatic nitrogens is 4. The first kappa shape index (κ1) is 17.6. The van der Waals surface area contributed by atoms with Crippen molar-refractivity contribution in [1.82, 2.24) is 25.2 Å². The fourth-order valence-electron chi connectivity index (χ4n) is 2.50. The van der Waals surface area contributed by atoms with Crippen LogP contribution in [-0.4, -0.2) is 25.8 Å². The number of nitrogens with one attached hydrogen (secondary N) is 1. The van der Waals surface area contributed by atoms with Gasteiger partial charge in [-0.25, -0.2) is 0 Å². The highest BCUT2D eigenvalue weighted by molar-refractivity contribution is 7.20. The molecule has 0 radical (unpaired) electrons. The van der Waals surface area contributed by atoms with E-state index in [0.717, 1.165) is 15.9 Å². The number of nitrogens with zero attached hydrogens (tertiary/aromatic N) is 4. The van der Waals surface area contributed by atoms with E-state index in [1.54, 1.807) is 4.68 Å². The first-order valence-corrected chi connectivity index (χ1v) is 8.91. The number of carbonyl (C=O) groups excluding carboxylic acids is 1. The molecule has 7 nitrogen and oxygen atoms in total. The minimum atomic E-state index is -0.743. The van der Waals surface area contributed by atoms with E-state index in [9.17, 15) is 4.79 Å². The number of fused-ring (bicyclic) bond motifs is 1. The highest BCUT2D eigenvalue weighted by Crippen LogP contribution is 2.29. The van der Waals surface area contributed by atoms with Gasteiger partial charge >= 0.3 is 0 Å². The highest BCUT2D eigenvalue weighted by atomic mass is 32.1. The van der Waals surface area contributed by atoms with E-state index in [0.29, 0.717) is 16.6 Å². The molecule has 0 saturated carbocycles. The molecule has 1 amide bonds. The van der Waals surface area contributed by atoms with Gasteiger partial charge in [-0.1, -0.05) is 25.9 Å². The van der Waals surface area contributed by atoms with Crippen molar-refractivity contribution in [2.75, 3.05) is 0 Å². The summed E-state index contributed by atoms with van der Waals surface area (Å²) >= 11 is 1.42. The molecule has 0 aliphatic rings. The molecule has 25 heavy (non-hydrogen) atoms. The second-order valence-corrected chi connectivity index (χ2v) is 8.82. The van der Waals surface area contributed by atoms with E-state index in [1.807, 2.05) is 54.7 Å². The Hall–Kier alpha value is -2.22. The molecule has 0 fully saturated rings. The highest BCUT2D eigenvalue weighted by Gasteiger charge is 2.32. The second kappa shape index (κ2) is 5.66. The molecule has 0 unspecified atom stereocenters. The molecule has 3 rings (SSSR count). The Kier molecular flexibility index (Phi) is 3.98. The maximum absolute atomic E-state index is 12.7. The van der Waals surface area contributed by atoms with Crippen molar-refractivity contribution < 1.29 is 9.32 Å². The summed E-state index contributed by atoms with van der Waals surface area (Å²) < 4.78 is 7.15. The summed E-state index contributed by atoms with van der Waals surface area (Å²) in [4.78, 5) is 18.8. The molecule has 0 atom stereocenters. The Bertz CT molecular complexity index is 908. The van der Waals surface area contributed by atoms with E-state index < -0.39 is 5.54 Å². The minimum absolute atomic E-state index is 0.160. The molecule has 8 heteroatoms. The molecule has 1 N–H and O–H groups in total. The Morgan fingerprint density at radius 1 is 1.28 bits per heavy atom. The molecular weight excluding hydrogens is 338 g/mol. The lowest BCUT2D eigenvalue weighted by molar-refractivity contribution is 0.0911. The predicted octanol–water partition coefficient (Wildman–Crippen LogP) is 3.29. The largest absolute Gasteiger partial charge is 0.339 e. The topological polar surface area (TPSA) is 85.8 Å². The average Bonchev–Trinajstić information content (AvgIpc) is 3.17. The predicted molar refractivity (Wildman–Crippen MR) is 96.8 cm³/mol. The maximum Gasteiger partial charge on any atom is 0.262 e. The van der Waals surface area contributed by atoms with Crippen LogP contribution in [0.1, 0.15) is 61.7 Å². The number of thiophene rings is 1. The van der Waals surface area contributed by atoms with Crippen LogP contribution in [0.2, 0.25) is 0 Å². The zero-order valence-corrected chi connectivity index (χ0v) is 16.4. The third kappa shape index (κ3) is 3.18. The third-order valence-corrected chi connectivity index (χ3v) is 5.17. The third-order valence-electron chi connectivity index (χ3n) is 3.97. The normalized spacial score (nSPS) is 12.8. The van der Waals surface area contributed by atoms with E-state index in [-0.39, 0.29) is 11.3 Å². The van der Waals surface area contributed by atoms with Gasteiger partial charge < -0.3 is 9.84 Å². The van der Waals surface area contributed by atoms with Crippen LogP contribution >= 0.6 is 11.3 Å². The molecule has 0 saturated heterocycles. The van der Waals surface area contributed by atoms with Crippen LogP contribution in [0, 0.1) is 6.92 Å². The van der Waals surface area contributed by atoms with Crippen molar-refractivity contribution in [2.24, 2.45) is 7.05 Å². The van der Waals surface area contributed by atoms with Crippen molar-refractivity contribution in [2.45, 2.75) is 52.5 Å². The molecule has 3 aromatic heterocycles. The molecule has 0 aliphatic heterocycles. The van der Waals surface area contributed by atoms with Gasteiger partial charge in [-0.2, -0.15) is 10.1 Å². The Morgan fingerprint density at radius 2 is 1.96 bits per heavy atom. The number of aryl methyl sites for hydroxylation is 2. The molecule has 0 bridgehead atoms. The monoisotopic (exact) mass is 361 g/mol. The van der Waals surface area contributed by atoms with Gasteiger partial charge in [-0.15, -0.1) is 11.3 Å². The van der Waals surface area contributed by atoms with Gasteiger partial charge in [0.1, 0.15) is 4.83 Å². The zero-order chi connectivity index (χ0) is 18.6. The van der Waals surface area contributed by atoms with E-state index >= 15 is 0 Å². The van der Waals surface area contributed by atoms with Gasteiger partial charge in [0.25, 0.3) is 5.91 Å². The number of hydrogen-bond donors (Lipinski definition) is 1. The van der Waals surface area contributed by atoms with Crippen molar-refractivity contribution in [1.29, 1.82) is 0 Å². The number of rotatable bonds is 3. The van der Waals surface area contributed by atoms with Crippen LogP contribution in [0.25, 0.3) is 10.2 Å². The van der Waals surface area contributed by atoms with Gasteiger partial charge in [0, 0.05) is 17.8 Å². The van der Waals surface area contributed by atoms with Crippen LogP contribution < -0.4 is 5.32 Å². The Balaban J connectivity index is 1.85. The summed E-state index contributed by atoms with van der Waals surface area (Å²) in [5, 5.41) is 12.4. The lowest BCUT2D eigenvalue weighted by Crippen LogP contribution is -2.41. The fourth-order valence-corrected chi connectivity index (χ4v) is 3.52. The standard InChI is InChI=1S/C17H23N5O2S/c1-9-10-8-11(25-13(10)22(7)20-9)12(23)19-17(5,6)14-18-15(24-21-14)16(2,3)4/h8H,1-7H3,(H,19,23). The van der Waals surface area contributed by atoms with Gasteiger partial charge in [-0.3, -0.25) is 9.48 Å². The van der Waals surface area contributed by atoms with Crippen LogP contribution in [0.4, 0.5) is 0 Å². The molecule has 0 spiro atoms. The Labute approximate surface area is 150 Å². The number of amides is 1. The lowest BCUT2D eigenvalue weighted by Gasteiger charge is -2.22. The van der Waals surface area contributed by atoms with Crippen molar-refractivity contribution >= 4 is 27.5 Å². The number of carbonyl (C=O) groups is 1. The molecule has 134 valence electrons. The van der Waals surface area contributed by atoms with Crippen molar-refractivity contribution in [3.05, 3.63) is 28.4 Å². The molecule has 0 aromatic carbocycles. The smallest absolute Gasteiger partial charge is 0.262 e. The molecule has 3 heterocycles. The van der Waals surface area contributed by atoms with Crippen LogP contribution in [-0.2, 0) is 18.0 Å². The summed E-state index contributed by atoms with van der Waals surface area (Å²) in [6.45, 7) is 11.7. The van der Waals surface area contributed by atoms with Gasteiger partial charge in [0.2, 0.25) is 5.89 Å². The van der Waals surface area contributed by atoms with Crippen LogP contribution in [0.15, 0.2) is 10.6 Å². The Morgan fingerprint density at radius 3 is 2.52 bits per heavy atom. The summed E-state index contributed by atoms with van der Waals surface area (Å²) in [6, 6.07) is 1.88. The fraction of sp³-hybridized carbons (Fsp3) is 0.529. The summed E-state index contributed by atoms with van der Waals surface area (Å²) in [5.74, 6) is 0.853. The average molecular weight is 361 g/mol. The quantitative estimate of drug-likeness (QED) is 0.773. The first-order valence-electron chi connectivity index (χ1n) is 8.09. The van der Waals surface area contributed by atoms with Gasteiger partial charge in [0.05, 0.1) is 16.1 Å². The second-order valence-electron chi connectivity index (χ2n) is 7.79. The lowest BCUT2D eigenvalue weighted by atomic mass is 9.97. The summed E-state index contributed by atoms with van der Waals surface area (Å²) in [5.41, 5.74) is -0.0606. The minimum Gasteiger partial charge on any atom is -0.339 e. The van der Waals surface area contributed by atoms with Crippen LogP contribution in [0.3, 0.4) is 0 Å². The molecule has 0 aliphatic carbocycles. The van der Waals surface area contributed by atoms with Gasteiger partial charge in [-0.05, 0) is 26.8 Å². The van der Waals surface area contributed by atoms with Gasteiger partial charge in [0.15, 0.2) is 5.82 Å². The summed E-state index contributed by atoms with van der Waals surface area (Å²) in [7, 11) is 1.88. The molecule has 3 aromatic rings. The van der Waals surface area contributed by atoms with Crippen LogP contribution in [0.5, 0.6) is 0 Å². The first-order chi connectivity index (χ1) is 11.5. The zero-order valence-electron chi connectivity index (χ0n) is 15.6. The van der Waals surface area contributed by atoms with E-state index in [2.05, 4.69) is 20.6 Å². The van der Waals surface area contributed by atoms with E-state index in [1.165, 1.54) is 11.3 Å². The van der Waals surface area contributed by atoms with Crippen molar-refractivity contribution in [3.8, 4) is 0 Å². The van der Waals surface area contributed by atoms with Crippen molar-refractivity contribution in [3.63, 3.8) is 0 Å².